The number of benzene rings is 1. The van der Waals surface area contributed by atoms with Crippen LogP contribution in [0.25, 0.3) is 0 Å². The van der Waals surface area contributed by atoms with Crippen molar-refractivity contribution in [1.82, 2.24) is 15.1 Å². The van der Waals surface area contributed by atoms with Crippen LogP contribution >= 0.6 is 0 Å². The highest BCUT2D eigenvalue weighted by molar-refractivity contribution is 5.82. The van der Waals surface area contributed by atoms with Gasteiger partial charge < -0.3 is 15.1 Å². The second-order valence-electron chi connectivity index (χ2n) is 6.45. The van der Waals surface area contributed by atoms with Gasteiger partial charge in [-0.2, -0.15) is 0 Å². The minimum atomic E-state index is -0.0548. The number of piperidine rings is 1. The minimum absolute atomic E-state index is 0.0548. The SMILES string of the molecule is CN(C)C1CCCN(C(=O)C2Cc3ccccc3CN2)C1. The van der Waals surface area contributed by atoms with Crippen molar-refractivity contribution in [3.63, 3.8) is 0 Å². The zero-order valence-corrected chi connectivity index (χ0v) is 13.0. The first-order chi connectivity index (χ1) is 10.1. The average Bonchev–Trinajstić information content (AvgIpc) is 2.53. The van der Waals surface area contributed by atoms with Gasteiger partial charge in [-0.05, 0) is 44.5 Å². The van der Waals surface area contributed by atoms with E-state index < -0.39 is 0 Å². The highest BCUT2D eigenvalue weighted by atomic mass is 16.2. The maximum Gasteiger partial charge on any atom is 0.240 e. The lowest BCUT2D eigenvalue weighted by molar-refractivity contribution is -0.135. The zero-order valence-electron chi connectivity index (χ0n) is 13.0. The van der Waals surface area contributed by atoms with Crippen LogP contribution < -0.4 is 5.32 Å². The number of amides is 1. The Bertz CT molecular complexity index is 515. The van der Waals surface area contributed by atoms with Gasteiger partial charge >= 0.3 is 0 Å². The Labute approximate surface area is 127 Å². The van der Waals surface area contributed by atoms with Crippen molar-refractivity contribution in [2.24, 2.45) is 0 Å². The molecular weight excluding hydrogens is 262 g/mol. The molecular formula is C17H25N3O. The number of rotatable bonds is 2. The molecule has 0 aliphatic carbocycles. The van der Waals surface area contributed by atoms with Crippen molar-refractivity contribution in [1.29, 1.82) is 0 Å². The fourth-order valence-electron chi connectivity index (χ4n) is 3.43. The Hall–Kier alpha value is -1.39. The van der Waals surface area contributed by atoms with Crippen LogP contribution in [0.4, 0.5) is 0 Å². The van der Waals surface area contributed by atoms with Crippen molar-refractivity contribution in [2.45, 2.75) is 37.9 Å². The Morgan fingerprint density at radius 3 is 2.81 bits per heavy atom. The van der Waals surface area contributed by atoms with Crippen LogP contribution in [0.5, 0.6) is 0 Å². The van der Waals surface area contributed by atoms with Gasteiger partial charge in [0.25, 0.3) is 0 Å². The van der Waals surface area contributed by atoms with E-state index in [1.807, 2.05) is 0 Å². The standard InChI is InChI=1S/C17H25N3O/c1-19(2)15-8-5-9-20(12-15)17(21)16-10-13-6-3-4-7-14(13)11-18-16/h3-4,6-7,15-16,18H,5,8-12H2,1-2H3. The van der Waals surface area contributed by atoms with E-state index in [2.05, 4.69) is 53.5 Å². The third-order valence-corrected chi connectivity index (χ3v) is 4.82. The van der Waals surface area contributed by atoms with E-state index in [1.54, 1.807) is 0 Å². The van der Waals surface area contributed by atoms with E-state index in [4.69, 9.17) is 0 Å². The van der Waals surface area contributed by atoms with Crippen LogP contribution in [-0.2, 0) is 17.8 Å². The normalized spacial score (nSPS) is 25.8. The molecule has 1 fully saturated rings. The van der Waals surface area contributed by atoms with Gasteiger partial charge in [0.1, 0.15) is 0 Å². The molecule has 1 N–H and O–H groups in total. The summed E-state index contributed by atoms with van der Waals surface area (Å²) >= 11 is 0. The van der Waals surface area contributed by atoms with Crippen molar-refractivity contribution >= 4 is 5.91 Å². The lowest BCUT2D eigenvalue weighted by Gasteiger charge is -2.38. The molecule has 3 rings (SSSR count). The van der Waals surface area contributed by atoms with E-state index in [9.17, 15) is 4.79 Å². The Morgan fingerprint density at radius 1 is 1.29 bits per heavy atom. The third-order valence-electron chi connectivity index (χ3n) is 4.82. The van der Waals surface area contributed by atoms with Crippen molar-refractivity contribution in [3.8, 4) is 0 Å². The van der Waals surface area contributed by atoms with Gasteiger partial charge in [-0.15, -0.1) is 0 Å². The lowest BCUT2D eigenvalue weighted by atomic mass is 9.94. The van der Waals surface area contributed by atoms with Gasteiger partial charge in [0, 0.05) is 25.7 Å². The Morgan fingerprint density at radius 2 is 2.05 bits per heavy atom. The van der Waals surface area contributed by atoms with E-state index >= 15 is 0 Å². The minimum Gasteiger partial charge on any atom is -0.340 e. The molecule has 1 aromatic rings. The number of carbonyl (C=O) groups is 1. The third kappa shape index (κ3) is 3.11. The first-order valence-corrected chi connectivity index (χ1v) is 7.90. The number of hydrogen-bond donors (Lipinski definition) is 1. The number of likely N-dealkylation sites (tertiary alicyclic amines) is 1. The highest BCUT2D eigenvalue weighted by Gasteiger charge is 2.31. The van der Waals surface area contributed by atoms with Crippen molar-refractivity contribution in [2.75, 3.05) is 27.2 Å². The summed E-state index contributed by atoms with van der Waals surface area (Å²) in [6, 6.07) is 8.87. The molecule has 2 aliphatic heterocycles. The fourth-order valence-corrected chi connectivity index (χ4v) is 3.43. The molecule has 114 valence electrons. The predicted molar refractivity (Wildman–Crippen MR) is 84.1 cm³/mol. The maximum atomic E-state index is 12.8. The molecule has 21 heavy (non-hydrogen) atoms. The summed E-state index contributed by atoms with van der Waals surface area (Å²) in [6.45, 7) is 2.58. The topological polar surface area (TPSA) is 35.6 Å². The average molecular weight is 287 g/mol. The van der Waals surface area contributed by atoms with Crippen LogP contribution in [0.15, 0.2) is 24.3 Å². The Balaban J connectivity index is 1.66. The molecule has 4 heteroatoms. The van der Waals surface area contributed by atoms with Gasteiger partial charge in [-0.25, -0.2) is 0 Å². The van der Waals surface area contributed by atoms with E-state index in [-0.39, 0.29) is 11.9 Å². The molecule has 1 aromatic carbocycles. The summed E-state index contributed by atoms with van der Waals surface area (Å²) < 4.78 is 0. The summed E-state index contributed by atoms with van der Waals surface area (Å²) in [5.41, 5.74) is 2.64. The van der Waals surface area contributed by atoms with E-state index in [1.165, 1.54) is 17.5 Å². The molecule has 2 atom stereocenters. The molecule has 1 amide bonds. The molecule has 4 nitrogen and oxygen atoms in total. The largest absolute Gasteiger partial charge is 0.340 e. The van der Waals surface area contributed by atoms with Gasteiger partial charge in [0.15, 0.2) is 0 Å². The first kappa shape index (κ1) is 14.5. The number of carbonyl (C=O) groups excluding carboxylic acids is 1. The van der Waals surface area contributed by atoms with Crippen LogP contribution in [0.2, 0.25) is 0 Å². The molecule has 2 aliphatic rings. The van der Waals surface area contributed by atoms with Crippen molar-refractivity contribution < 1.29 is 4.79 Å². The molecule has 2 heterocycles. The van der Waals surface area contributed by atoms with Crippen LogP contribution in [0.3, 0.4) is 0 Å². The number of hydrogen-bond acceptors (Lipinski definition) is 3. The molecule has 1 saturated heterocycles. The zero-order chi connectivity index (χ0) is 14.8. The fraction of sp³-hybridized carbons (Fsp3) is 0.588. The van der Waals surface area contributed by atoms with E-state index in [0.29, 0.717) is 6.04 Å². The smallest absolute Gasteiger partial charge is 0.240 e. The van der Waals surface area contributed by atoms with Gasteiger partial charge in [-0.3, -0.25) is 4.79 Å². The van der Waals surface area contributed by atoms with Gasteiger partial charge in [0.05, 0.1) is 6.04 Å². The van der Waals surface area contributed by atoms with Gasteiger partial charge in [0.2, 0.25) is 5.91 Å². The summed E-state index contributed by atoms with van der Waals surface area (Å²) in [5, 5.41) is 3.41. The number of fused-ring (bicyclic) bond motifs is 1. The quantitative estimate of drug-likeness (QED) is 0.889. The number of nitrogens with one attached hydrogen (secondary N) is 1. The molecule has 0 saturated carbocycles. The van der Waals surface area contributed by atoms with E-state index in [0.717, 1.165) is 32.5 Å². The number of likely N-dealkylation sites (N-methyl/N-ethyl adjacent to an activating group) is 1. The second-order valence-corrected chi connectivity index (χ2v) is 6.45. The number of nitrogens with zero attached hydrogens (tertiary/aromatic N) is 2. The monoisotopic (exact) mass is 287 g/mol. The molecule has 0 radical (unpaired) electrons. The summed E-state index contributed by atoms with van der Waals surface area (Å²) in [4.78, 5) is 17.1. The lowest BCUT2D eigenvalue weighted by Crippen LogP contribution is -2.54. The summed E-state index contributed by atoms with van der Waals surface area (Å²) in [7, 11) is 4.21. The molecule has 0 bridgehead atoms. The maximum absolute atomic E-state index is 12.8. The second kappa shape index (κ2) is 6.16. The van der Waals surface area contributed by atoms with Crippen molar-refractivity contribution in [3.05, 3.63) is 35.4 Å². The molecule has 2 unspecified atom stereocenters. The first-order valence-electron chi connectivity index (χ1n) is 7.90. The van der Waals surface area contributed by atoms with Crippen LogP contribution in [0.1, 0.15) is 24.0 Å². The summed E-state index contributed by atoms with van der Waals surface area (Å²) in [6.07, 6.45) is 3.12. The van der Waals surface area contributed by atoms with Crippen LogP contribution in [0, 0.1) is 0 Å². The molecule has 0 spiro atoms. The highest BCUT2D eigenvalue weighted by Crippen LogP contribution is 2.20. The Kier molecular flexibility index (Phi) is 4.27. The summed E-state index contributed by atoms with van der Waals surface area (Å²) in [5.74, 6) is 0.274. The van der Waals surface area contributed by atoms with Gasteiger partial charge in [-0.1, -0.05) is 24.3 Å². The molecule has 0 aromatic heterocycles. The predicted octanol–water partition coefficient (Wildman–Crippen LogP) is 1.25. The van der Waals surface area contributed by atoms with Crippen LogP contribution in [-0.4, -0.2) is 55.0 Å².